The quantitative estimate of drug-likeness (QED) is 0.277. The van der Waals surface area contributed by atoms with E-state index in [1.54, 1.807) is 13.8 Å². The van der Waals surface area contributed by atoms with Gasteiger partial charge in [-0.05, 0) is 18.8 Å². The minimum Gasteiger partial charge on any atom is -0.493 e. The van der Waals surface area contributed by atoms with Crippen LogP contribution in [0.5, 0.6) is 11.5 Å². The molecule has 0 spiro atoms. The van der Waals surface area contributed by atoms with E-state index in [-0.39, 0.29) is 48.2 Å². The van der Waals surface area contributed by atoms with Gasteiger partial charge in [-0.15, -0.1) is 0 Å². The molecule has 1 amide bonds. The van der Waals surface area contributed by atoms with Gasteiger partial charge in [-0.25, -0.2) is 9.78 Å². The number of nitrogens with zero attached hydrogens (tertiary/aromatic N) is 1. The van der Waals surface area contributed by atoms with Crippen molar-refractivity contribution in [1.29, 1.82) is 0 Å². The maximum absolute atomic E-state index is 13.3. The van der Waals surface area contributed by atoms with Crippen LogP contribution in [-0.2, 0) is 33.3 Å². The monoisotopic (exact) mass is 568 g/mol. The molecule has 1 aliphatic heterocycles. The fourth-order valence-corrected chi connectivity index (χ4v) is 3.61. The summed E-state index contributed by atoms with van der Waals surface area (Å²) < 4.78 is 39.6. The Kier molecular flexibility index (Phi) is 13.6. The Morgan fingerprint density at radius 1 is 1.07 bits per heavy atom. The van der Waals surface area contributed by atoms with E-state index < -0.39 is 49.0 Å². The first kappa shape index (κ1) is 33.2. The molecular formula is C28H44N2O10. The highest BCUT2D eigenvalue weighted by Gasteiger charge is 2.36. The summed E-state index contributed by atoms with van der Waals surface area (Å²) in [6.45, 7) is 13.6. The molecule has 0 radical (unpaired) electrons. The summed E-state index contributed by atoms with van der Waals surface area (Å²) in [5.74, 6) is -1.57. The Morgan fingerprint density at radius 3 is 2.38 bits per heavy atom. The molecule has 1 N–H and O–H groups in total. The van der Waals surface area contributed by atoms with Crippen molar-refractivity contribution in [3.8, 4) is 11.5 Å². The molecule has 1 aromatic heterocycles. The van der Waals surface area contributed by atoms with Gasteiger partial charge in [0.05, 0.1) is 25.7 Å². The SMILES string of the molecule is COc1ccnc(C(=O)N[C@H]2CO[C@@H](C)[C@H](OCC(C)C)[C@@H](OCC(C)C)COC2=O)c1OCOC(=O)C(C)C. The minimum atomic E-state index is -1.15. The van der Waals surface area contributed by atoms with Crippen molar-refractivity contribution < 1.29 is 47.5 Å². The standard InChI is InChI=1S/C28H44N2O10/c1-16(2)11-36-22-14-38-28(33)20(13-35-19(7)24(22)37-12-17(3)4)30-26(31)23-25(21(34-8)9-10-29-23)39-15-40-27(32)18(5)6/h9-10,16-20,22,24H,11-15H2,1-8H3,(H,30,31)/t19-,20-,22-,24-/m0/s1. The van der Waals surface area contributed by atoms with Crippen LogP contribution in [0.25, 0.3) is 0 Å². The molecule has 1 fully saturated rings. The van der Waals surface area contributed by atoms with Crippen molar-refractivity contribution in [2.45, 2.75) is 72.8 Å². The Hall–Kier alpha value is -2.96. The highest BCUT2D eigenvalue weighted by atomic mass is 16.7. The van der Waals surface area contributed by atoms with Crippen LogP contribution in [0.4, 0.5) is 0 Å². The number of ether oxygens (including phenoxy) is 7. The lowest BCUT2D eigenvalue weighted by molar-refractivity contribution is -0.160. The van der Waals surface area contributed by atoms with Gasteiger partial charge >= 0.3 is 11.9 Å². The van der Waals surface area contributed by atoms with Crippen molar-refractivity contribution in [2.75, 3.05) is 40.3 Å². The topological polar surface area (TPSA) is 141 Å². The summed E-state index contributed by atoms with van der Waals surface area (Å²) >= 11 is 0. The van der Waals surface area contributed by atoms with Gasteiger partial charge in [0.1, 0.15) is 18.8 Å². The van der Waals surface area contributed by atoms with E-state index in [0.29, 0.717) is 13.2 Å². The van der Waals surface area contributed by atoms with E-state index >= 15 is 0 Å². The number of hydrogen-bond donors (Lipinski definition) is 1. The molecule has 0 saturated carbocycles. The maximum atomic E-state index is 13.3. The number of aromatic nitrogens is 1. The van der Waals surface area contributed by atoms with Crippen LogP contribution in [0.15, 0.2) is 12.3 Å². The van der Waals surface area contributed by atoms with Crippen LogP contribution in [-0.4, -0.2) is 87.5 Å². The summed E-state index contributed by atoms with van der Waals surface area (Å²) in [5.41, 5.74) is -0.169. The second-order valence-corrected chi connectivity index (χ2v) is 10.7. The third kappa shape index (κ3) is 10.2. The lowest BCUT2D eigenvalue weighted by Gasteiger charge is -2.31. The third-order valence-electron chi connectivity index (χ3n) is 5.78. The molecular weight excluding hydrogens is 524 g/mol. The number of rotatable bonds is 13. The summed E-state index contributed by atoms with van der Waals surface area (Å²) in [4.78, 5) is 42.2. The minimum absolute atomic E-state index is 0.0472. The Balaban J connectivity index is 2.20. The number of amides is 1. The van der Waals surface area contributed by atoms with Crippen molar-refractivity contribution in [3.63, 3.8) is 0 Å². The van der Waals surface area contributed by atoms with Crippen molar-refractivity contribution >= 4 is 17.8 Å². The molecule has 0 bridgehead atoms. The summed E-state index contributed by atoms with van der Waals surface area (Å²) in [7, 11) is 1.39. The predicted molar refractivity (Wildman–Crippen MR) is 144 cm³/mol. The first-order valence-electron chi connectivity index (χ1n) is 13.6. The van der Waals surface area contributed by atoms with Crippen LogP contribution in [0.2, 0.25) is 0 Å². The molecule has 12 nitrogen and oxygen atoms in total. The maximum Gasteiger partial charge on any atom is 0.331 e. The van der Waals surface area contributed by atoms with Crippen LogP contribution in [0.1, 0.15) is 59.0 Å². The number of hydrogen-bond acceptors (Lipinski definition) is 11. The summed E-state index contributed by atoms with van der Waals surface area (Å²) in [6.07, 6.45) is -0.150. The van der Waals surface area contributed by atoms with E-state index in [9.17, 15) is 14.4 Å². The van der Waals surface area contributed by atoms with E-state index in [2.05, 4.69) is 10.3 Å². The number of pyridine rings is 1. The van der Waals surface area contributed by atoms with E-state index in [0.717, 1.165) is 0 Å². The zero-order valence-electron chi connectivity index (χ0n) is 24.8. The molecule has 2 heterocycles. The zero-order chi connectivity index (χ0) is 29.8. The van der Waals surface area contributed by atoms with Gasteiger partial charge in [-0.2, -0.15) is 0 Å². The largest absolute Gasteiger partial charge is 0.493 e. The third-order valence-corrected chi connectivity index (χ3v) is 5.78. The van der Waals surface area contributed by atoms with E-state index in [1.165, 1.54) is 19.4 Å². The molecule has 1 aliphatic rings. The number of cyclic esters (lactones) is 1. The number of esters is 2. The average Bonchev–Trinajstić information content (AvgIpc) is 2.95. The molecule has 2 rings (SSSR count). The van der Waals surface area contributed by atoms with Crippen molar-refractivity contribution in [1.82, 2.24) is 10.3 Å². The first-order chi connectivity index (χ1) is 18.9. The molecule has 226 valence electrons. The average molecular weight is 569 g/mol. The fraction of sp³-hybridized carbons (Fsp3) is 0.714. The highest BCUT2D eigenvalue weighted by Crippen LogP contribution is 2.30. The Morgan fingerprint density at radius 2 is 1.75 bits per heavy atom. The second-order valence-electron chi connectivity index (χ2n) is 10.7. The van der Waals surface area contributed by atoms with Gasteiger partial charge in [-0.1, -0.05) is 41.5 Å². The molecule has 0 aromatic carbocycles. The molecule has 40 heavy (non-hydrogen) atoms. The van der Waals surface area contributed by atoms with Crippen LogP contribution in [0.3, 0.4) is 0 Å². The Labute approximate surface area is 236 Å². The normalized spacial score (nSPS) is 21.8. The summed E-state index contributed by atoms with van der Waals surface area (Å²) in [6, 6.07) is 0.341. The lowest BCUT2D eigenvalue weighted by Crippen LogP contribution is -2.46. The number of nitrogens with one attached hydrogen (secondary N) is 1. The zero-order valence-corrected chi connectivity index (χ0v) is 24.8. The number of carbonyl (C=O) groups excluding carboxylic acids is 3. The van der Waals surface area contributed by atoms with Crippen LogP contribution in [0, 0.1) is 17.8 Å². The van der Waals surface area contributed by atoms with E-state index in [1.807, 2.05) is 34.6 Å². The van der Waals surface area contributed by atoms with Gasteiger partial charge in [0.25, 0.3) is 5.91 Å². The molecule has 1 aromatic rings. The van der Waals surface area contributed by atoms with Gasteiger partial charge in [0, 0.05) is 25.5 Å². The van der Waals surface area contributed by atoms with E-state index in [4.69, 9.17) is 33.2 Å². The second kappa shape index (κ2) is 16.3. The van der Waals surface area contributed by atoms with Gasteiger partial charge in [0.2, 0.25) is 6.79 Å². The number of carbonyl (C=O) groups is 3. The van der Waals surface area contributed by atoms with Gasteiger partial charge < -0.3 is 38.5 Å². The molecule has 1 saturated heterocycles. The fourth-order valence-electron chi connectivity index (χ4n) is 3.61. The molecule has 4 atom stereocenters. The van der Waals surface area contributed by atoms with Crippen molar-refractivity contribution in [2.24, 2.45) is 17.8 Å². The molecule has 12 heteroatoms. The lowest BCUT2D eigenvalue weighted by atomic mass is 10.1. The van der Waals surface area contributed by atoms with Gasteiger partial charge in [0.15, 0.2) is 23.2 Å². The molecule has 0 unspecified atom stereocenters. The molecule has 0 aliphatic carbocycles. The smallest absolute Gasteiger partial charge is 0.331 e. The first-order valence-corrected chi connectivity index (χ1v) is 13.6. The number of methoxy groups -OCH3 is 1. The van der Waals surface area contributed by atoms with Gasteiger partial charge in [-0.3, -0.25) is 9.59 Å². The predicted octanol–water partition coefficient (Wildman–Crippen LogP) is 2.77. The Bertz CT molecular complexity index is 968. The summed E-state index contributed by atoms with van der Waals surface area (Å²) in [5, 5.41) is 2.61. The highest BCUT2D eigenvalue weighted by molar-refractivity contribution is 5.98. The van der Waals surface area contributed by atoms with Crippen LogP contribution < -0.4 is 14.8 Å². The van der Waals surface area contributed by atoms with Crippen molar-refractivity contribution in [3.05, 3.63) is 18.0 Å². The van der Waals surface area contributed by atoms with Crippen LogP contribution >= 0.6 is 0 Å².